The van der Waals surface area contributed by atoms with Crippen LogP contribution in [0.25, 0.3) is 10.9 Å². The molecular formula is C21H20ClN3O3. The summed E-state index contributed by atoms with van der Waals surface area (Å²) in [6.07, 6.45) is 0.504. The zero-order valence-electron chi connectivity index (χ0n) is 15.1. The Bertz CT molecular complexity index is 1010. The number of carbonyl (C=O) groups is 2. The number of anilines is 1. The van der Waals surface area contributed by atoms with Gasteiger partial charge in [0.1, 0.15) is 11.9 Å². The number of aromatic nitrogens is 1. The lowest BCUT2D eigenvalue weighted by Gasteiger charge is -2.39. The van der Waals surface area contributed by atoms with Crippen molar-refractivity contribution in [2.75, 3.05) is 18.4 Å². The first kappa shape index (κ1) is 18.4. The molecule has 0 bridgehead atoms. The number of hydrogen-bond acceptors (Lipinski definition) is 3. The van der Waals surface area contributed by atoms with Crippen molar-refractivity contribution >= 4 is 40.2 Å². The molecule has 0 aliphatic carbocycles. The minimum Gasteiger partial charge on any atom is -0.481 e. The van der Waals surface area contributed by atoms with Crippen LogP contribution in [-0.4, -0.2) is 46.0 Å². The van der Waals surface area contributed by atoms with Crippen LogP contribution < -0.4 is 5.32 Å². The molecule has 1 aliphatic rings. The van der Waals surface area contributed by atoms with E-state index < -0.39 is 17.9 Å². The van der Waals surface area contributed by atoms with Crippen LogP contribution in [0.5, 0.6) is 0 Å². The molecule has 1 fully saturated rings. The smallest absolute Gasteiger partial charge is 0.310 e. The zero-order valence-corrected chi connectivity index (χ0v) is 15.8. The van der Waals surface area contributed by atoms with Crippen LogP contribution in [-0.2, 0) is 16.0 Å². The number of rotatable bonds is 6. The molecule has 0 radical (unpaired) electrons. The number of fused-ring (bicyclic) bond motifs is 1. The van der Waals surface area contributed by atoms with Gasteiger partial charge in [0.05, 0.1) is 5.92 Å². The summed E-state index contributed by atoms with van der Waals surface area (Å²) < 4.78 is 0. The SMILES string of the molecule is O=C(O)C1CN(C(=O)[C@H](Cc2ccccc2)Nc2cc3cc(Cl)ccc3[nH]2)C1. The zero-order chi connectivity index (χ0) is 19.7. The molecule has 1 amide bonds. The van der Waals surface area contributed by atoms with E-state index in [2.05, 4.69) is 10.3 Å². The van der Waals surface area contributed by atoms with Crippen molar-refractivity contribution in [3.8, 4) is 0 Å². The fraction of sp³-hybridized carbons (Fsp3) is 0.238. The molecule has 1 saturated heterocycles. The molecule has 3 aromatic rings. The van der Waals surface area contributed by atoms with Gasteiger partial charge in [0.15, 0.2) is 0 Å². The van der Waals surface area contributed by atoms with E-state index in [0.29, 0.717) is 11.4 Å². The maximum atomic E-state index is 13.0. The first-order valence-electron chi connectivity index (χ1n) is 9.10. The number of carboxylic acids is 1. The Labute approximate surface area is 167 Å². The van der Waals surface area contributed by atoms with E-state index in [-0.39, 0.29) is 19.0 Å². The topological polar surface area (TPSA) is 85.4 Å². The number of nitrogens with zero attached hydrogens (tertiary/aromatic N) is 1. The van der Waals surface area contributed by atoms with Crippen molar-refractivity contribution in [2.24, 2.45) is 5.92 Å². The molecule has 1 atom stereocenters. The Morgan fingerprint density at radius 3 is 2.64 bits per heavy atom. The fourth-order valence-electron chi connectivity index (χ4n) is 3.45. The van der Waals surface area contributed by atoms with Gasteiger partial charge in [-0.25, -0.2) is 0 Å². The summed E-state index contributed by atoms with van der Waals surface area (Å²) in [5.41, 5.74) is 1.95. The summed E-state index contributed by atoms with van der Waals surface area (Å²) in [4.78, 5) is 28.9. The van der Waals surface area contributed by atoms with Crippen molar-refractivity contribution in [1.29, 1.82) is 0 Å². The molecule has 144 valence electrons. The third-order valence-corrected chi connectivity index (χ3v) is 5.27. The molecule has 2 aromatic carbocycles. The van der Waals surface area contributed by atoms with Gasteiger partial charge in [0.2, 0.25) is 5.91 Å². The summed E-state index contributed by atoms with van der Waals surface area (Å²) in [6.45, 7) is 0.507. The van der Waals surface area contributed by atoms with Crippen molar-refractivity contribution in [1.82, 2.24) is 9.88 Å². The number of carbonyl (C=O) groups excluding carboxylic acids is 1. The van der Waals surface area contributed by atoms with Crippen molar-refractivity contribution in [3.63, 3.8) is 0 Å². The number of amides is 1. The van der Waals surface area contributed by atoms with E-state index in [1.54, 1.807) is 4.90 Å². The molecule has 2 heterocycles. The summed E-state index contributed by atoms with van der Waals surface area (Å²) in [5, 5.41) is 14.0. The van der Waals surface area contributed by atoms with E-state index in [1.165, 1.54) is 0 Å². The predicted octanol–water partition coefficient (Wildman–Crippen LogP) is 3.39. The highest BCUT2D eigenvalue weighted by Crippen LogP contribution is 2.24. The molecule has 4 rings (SSSR count). The molecule has 1 aliphatic heterocycles. The standard InChI is InChI=1S/C21H20ClN3O3/c22-16-6-7-17-14(9-16)10-19(23-17)24-18(8-13-4-2-1-3-5-13)20(26)25-11-15(12-25)21(27)28/h1-7,9-10,15,18,23-24H,8,11-12H2,(H,27,28)/t18-/m0/s1. The summed E-state index contributed by atoms with van der Waals surface area (Å²) in [6, 6.07) is 16.7. The third kappa shape index (κ3) is 3.82. The number of likely N-dealkylation sites (tertiary alicyclic amines) is 1. The third-order valence-electron chi connectivity index (χ3n) is 5.04. The molecule has 6 nitrogen and oxygen atoms in total. The monoisotopic (exact) mass is 397 g/mol. The average Bonchev–Trinajstić information content (AvgIpc) is 3.01. The molecule has 28 heavy (non-hydrogen) atoms. The molecule has 0 unspecified atom stereocenters. The van der Waals surface area contributed by atoms with E-state index in [9.17, 15) is 9.59 Å². The second-order valence-corrected chi connectivity index (χ2v) is 7.52. The average molecular weight is 398 g/mol. The van der Waals surface area contributed by atoms with Gasteiger partial charge in [-0.3, -0.25) is 9.59 Å². The van der Waals surface area contributed by atoms with Gasteiger partial charge in [-0.2, -0.15) is 0 Å². The first-order chi connectivity index (χ1) is 13.5. The van der Waals surface area contributed by atoms with Crippen LogP contribution in [0.1, 0.15) is 5.56 Å². The lowest BCUT2D eigenvalue weighted by molar-refractivity contribution is -0.153. The van der Waals surface area contributed by atoms with Gasteiger partial charge >= 0.3 is 5.97 Å². The lowest BCUT2D eigenvalue weighted by atomic mass is 9.97. The van der Waals surface area contributed by atoms with E-state index in [1.807, 2.05) is 54.6 Å². The quantitative estimate of drug-likeness (QED) is 0.595. The fourth-order valence-corrected chi connectivity index (χ4v) is 3.63. The number of H-pyrrole nitrogens is 1. The largest absolute Gasteiger partial charge is 0.481 e. The van der Waals surface area contributed by atoms with Crippen LogP contribution in [0, 0.1) is 5.92 Å². The first-order valence-corrected chi connectivity index (χ1v) is 9.48. The summed E-state index contributed by atoms with van der Waals surface area (Å²) >= 11 is 6.06. The highest BCUT2D eigenvalue weighted by Gasteiger charge is 2.38. The minimum atomic E-state index is -0.857. The number of benzene rings is 2. The molecule has 3 N–H and O–H groups in total. The van der Waals surface area contributed by atoms with Gasteiger partial charge in [0.25, 0.3) is 0 Å². The molecule has 0 spiro atoms. The molecule has 1 aromatic heterocycles. The normalized spacial score (nSPS) is 15.2. The van der Waals surface area contributed by atoms with Crippen LogP contribution in [0.3, 0.4) is 0 Å². The van der Waals surface area contributed by atoms with Gasteiger partial charge in [-0.05, 0) is 29.8 Å². The summed E-state index contributed by atoms with van der Waals surface area (Å²) in [7, 11) is 0. The molecular weight excluding hydrogens is 378 g/mol. The number of aliphatic carboxylic acids is 1. The van der Waals surface area contributed by atoms with Gasteiger partial charge in [-0.1, -0.05) is 41.9 Å². The maximum Gasteiger partial charge on any atom is 0.310 e. The van der Waals surface area contributed by atoms with Crippen LogP contribution in [0.4, 0.5) is 5.82 Å². The number of aromatic amines is 1. The van der Waals surface area contributed by atoms with Gasteiger partial charge in [0, 0.05) is 35.4 Å². The maximum absolute atomic E-state index is 13.0. The molecule has 7 heteroatoms. The lowest BCUT2D eigenvalue weighted by Crippen LogP contribution is -2.57. The van der Waals surface area contributed by atoms with Crippen LogP contribution >= 0.6 is 11.6 Å². The van der Waals surface area contributed by atoms with Crippen molar-refractivity contribution in [2.45, 2.75) is 12.5 Å². The van der Waals surface area contributed by atoms with Crippen molar-refractivity contribution in [3.05, 3.63) is 65.2 Å². The number of nitrogens with one attached hydrogen (secondary N) is 2. The Hall–Kier alpha value is -2.99. The highest BCUT2D eigenvalue weighted by molar-refractivity contribution is 6.31. The summed E-state index contributed by atoms with van der Waals surface area (Å²) in [5.74, 6) is -0.708. The predicted molar refractivity (Wildman–Crippen MR) is 109 cm³/mol. The second kappa shape index (κ2) is 7.56. The second-order valence-electron chi connectivity index (χ2n) is 7.08. The molecule has 0 saturated carbocycles. The van der Waals surface area contributed by atoms with Crippen molar-refractivity contribution < 1.29 is 14.7 Å². The van der Waals surface area contributed by atoms with Gasteiger partial charge < -0.3 is 20.3 Å². The number of halogens is 1. The van der Waals surface area contributed by atoms with E-state index >= 15 is 0 Å². The minimum absolute atomic E-state index is 0.0990. The van der Waals surface area contributed by atoms with E-state index in [4.69, 9.17) is 16.7 Å². The Morgan fingerprint density at radius 1 is 1.18 bits per heavy atom. The number of carboxylic acid groups (broad SMARTS) is 1. The Balaban J connectivity index is 1.55. The van der Waals surface area contributed by atoms with Crippen LogP contribution in [0.2, 0.25) is 5.02 Å². The van der Waals surface area contributed by atoms with E-state index in [0.717, 1.165) is 22.3 Å². The van der Waals surface area contributed by atoms with Crippen LogP contribution in [0.15, 0.2) is 54.6 Å². The Kier molecular flexibility index (Phi) is 4.96. The van der Waals surface area contributed by atoms with Gasteiger partial charge in [-0.15, -0.1) is 0 Å². The Morgan fingerprint density at radius 2 is 1.93 bits per heavy atom. The number of hydrogen-bond donors (Lipinski definition) is 3. The highest BCUT2D eigenvalue weighted by atomic mass is 35.5.